The first-order valence-corrected chi connectivity index (χ1v) is 6.75. The van der Waals surface area contributed by atoms with Crippen molar-refractivity contribution in [3.8, 4) is 11.5 Å². The van der Waals surface area contributed by atoms with Gasteiger partial charge in [0.2, 0.25) is 0 Å². The number of ether oxygens (including phenoxy) is 1. The van der Waals surface area contributed by atoms with E-state index in [0.717, 1.165) is 27.0 Å². The molecule has 2 rings (SSSR count). The smallest absolute Gasteiger partial charge is 0.120 e. The maximum atomic E-state index is 9.66. The van der Waals surface area contributed by atoms with E-state index < -0.39 is 0 Å². The van der Waals surface area contributed by atoms with Gasteiger partial charge in [-0.15, -0.1) is 0 Å². The van der Waals surface area contributed by atoms with Crippen LogP contribution in [-0.4, -0.2) is 12.2 Å². The Morgan fingerprint density at radius 2 is 2.00 bits per heavy atom. The maximum absolute atomic E-state index is 9.66. The van der Waals surface area contributed by atoms with Gasteiger partial charge in [0.25, 0.3) is 0 Å². The predicted octanol–water partition coefficient (Wildman–Crippen LogP) is 4.08. The largest absolute Gasteiger partial charge is 0.508 e. The van der Waals surface area contributed by atoms with Crippen LogP contribution in [0.5, 0.6) is 11.5 Å². The van der Waals surface area contributed by atoms with E-state index in [1.165, 1.54) is 0 Å². The molecule has 0 aromatic heterocycles. The molecular formula is C15H16BrNO2. The first-order chi connectivity index (χ1) is 9.10. The minimum atomic E-state index is 0.301. The zero-order valence-electron chi connectivity index (χ0n) is 10.9. The van der Waals surface area contributed by atoms with Gasteiger partial charge in [-0.05, 0) is 42.3 Å². The van der Waals surface area contributed by atoms with Crippen LogP contribution in [-0.2, 0) is 6.54 Å². The van der Waals surface area contributed by atoms with Gasteiger partial charge in [0.1, 0.15) is 11.5 Å². The van der Waals surface area contributed by atoms with Gasteiger partial charge in [-0.2, -0.15) is 0 Å². The number of anilines is 1. The molecule has 4 heteroatoms. The summed E-state index contributed by atoms with van der Waals surface area (Å²) in [5, 5.41) is 12.9. The van der Waals surface area contributed by atoms with Crippen molar-refractivity contribution in [2.24, 2.45) is 0 Å². The van der Waals surface area contributed by atoms with Crippen molar-refractivity contribution in [1.29, 1.82) is 0 Å². The topological polar surface area (TPSA) is 41.5 Å². The number of benzene rings is 2. The van der Waals surface area contributed by atoms with Gasteiger partial charge in [0, 0.05) is 22.8 Å². The SMILES string of the molecule is COc1ccc(Br)c(CNc2ccc(C)c(O)c2)c1. The molecule has 0 spiro atoms. The molecule has 0 saturated carbocycles. The van der Waals surface area contributed by atoms with E-state index in [1.54, 1.807) is 13.2 Å². The Kier molecular flexibility index (Phi) is 4.32. The molecule has 2 N–H and O–H groups in total. The number of hydrogen-bond donors (Lipinski definition) is 2. The molecule has 2 aromatic rings. The van der Waals surface area contributed by atoms with Crippen molar-refractivity contribution >= 4 is 21.6 Å². The molecule has 100 valence electrons. The summed E-state index contributed by atoms with van der Waals surface area (Å²) in [6.07, 6.45) is 0. The second-order valence-electron chi connectivity index (χ2n) is 4.31. The molecule has 0 aliphatic carbocycles. The van der Waals surface area contributed by atoms with E-state index in [-0.39, 0.29) is 0 Å². The Labute approximate surface area is 121 Å². The molecule has 0 aliphatic rings. The Morgan fingerprint density at radius 3 is 2.68 bits per heavy atom. The second-order valence-corrected chi connectivity index (χ2v) is 5.17. The number of aryl methyl sites for hydroxylation is 1. The van der Waals surface area contributed by atoms with Crippen LogP contribution < -0.4 is 10.1 Å². The summed E-state index contributed by atoms with van der Waals surface area (Å²) in [6.45, 7) is 2.53. The highest BCUT2D eigenvalue weighted by Crippen LogP contribution is 2.25. The number of halogens is 1. The van der Waals surface area contributed by atoms with E-state index in [0.29, 0.717) is 12.3 Å². The number of phenols is 1. The fourth-order valence-corrected chi connectivity index (χ4v) is 2.12. The van der Waals surface area contributed by atoms with E-state index in [9.17, 15) is 5.11 Å². The molecule has 0 heterocycles. The fourth-order valence-electron chi connectivity index (χ4n) is 1.73. The number of rotatable bonds is 4. The Bertz CT molecular complexity index is 584. The first-order valence-electron chi connectivity index (χ1n) is 5.96. The van der Waals surface area contributed by atoms with Crippen LogP contribution in [0.15, 0.2) is 40.9 Å². The summed E-state index contributed by atoms with van der Waals surface area (Å²) in [5.74, 6) is 1.13. The Balaban J connectivity index is 2.11. The van der Waals surface area contributed by atoms with Gasteiger partial charge in [0.15, 0.2) is 0 Å². The highest BCUT2D eigenvalue weighted by Gasteiger charge is 2.03. The molecule has 0 unspecified atom stereocenters. The van der Waals surface area contributed by atoms with Gasteiger partial charge in [-0.1, -0.05) is 22.0 Å². The van der Waals surface area contributed by atoms with Crippen molar-refractivity contribution in [3.05, 3.63) is 52.0 Å². The van der Waals surface area contributed by atoms with Crippen molar-refractivity contribution in [2.75, 3.05) is 12.4 Å². The average molecular weight is 322 g/mol. The minimum absolute atomic E-state index is 0.301. The van der Waals surface area contributed by atoms with Crippen molar-refractivity contribution in [2.45, 2.75) is 13.5 Å². The van der Waals surface area contributed by atoms with Crippen molar-refractivity contribution < 1.29 is 9.84 Å². The summed E-state index contributed by atoms with van der Waals surface area (Å²) in [6, 6.07) is 11.4. The van der Waals surface area contributed by atoms with Crippen molar-refractivity contribution in [1.82, 2.24) is 0 Å². The molecule has 2 aromatic carbocycles. The lowest BCUT2D eigenvalue weighted by Gasteiger charge is -2.11. The minimum Gasteiger partial charge on any atom is -0.508 e. The van der Waals surface area contributed by atoms with Crippen LogP contribution in [0.1, 0.15) is 11.1 Å². The third-order valence-corrected chi connectivity index (χ3v) is 3.72. The molecule has 0 bridgehead atoms. The van der Waals surface area contributed by atoms with E-state index in [1.807, 2.05) is 37.3 Å². The molecule has 0 radical (unpaired) electrons. The van der Waals surface area contributed by atoms with E-state index in [4.69, 9.17) is 4.74 Å². The summed E-state index contributed by atoms with van der Waals surface area (Å²) < 4.78 is 6.23. The molecule has 0 saturated heterocycles. The third kappa shape index (κ3) is 3.41. The Morgan fingerprint density at radius 1 is 1.21 bits per heavy atom. The van der Waals surface area contributed by atoms with Crippen LogP contribution in [0, 0.1) is 6.92 Å². The molecular weight excluding hydrogens is 306 g/mol. The summed E-state index contributed by atoms with van der Waals surface area (Å²) in [4.78, 5) is 0. The van der Waals surface area contributed by atoms with Gasteiger partial charge in [0.05, 0.1) is 7.11 Å². The molecule has 0 atom stereocenters. The maximum Gasteiger partial charge on any atom is 0.120 e. The first kappa shape index (κ1) is 13.7. The number of phenolic OH excluding ortho intramolecular Hbond substituents is 1. The lowest BCUT2D eigenvalue weighted by atomic mass is 10.2. The fraction of sp³-hybridized carbons (Fsp3) is 0.200. The van der Waals surface area contributed by atoms with Crippen LogP contribution in [0.4, 0.5) is 5.69 Å². The summed E-state index contributed by atoms with van der Waals surface area (Å²) in [5.41, 5.74) is 2.85. The quantitative estimate of drug-likeness (QED) is 0.891. The zero-order valence-corrected chi connectivity index (χ0v) is 12.5. The predicted molar refractivity (Wildman–Crippen MR) is 80.9 cm³/mol. The lowest BCUT2D eigenvalue weighted by molar-refractivity contribution is 0.414. The van der Waals surface area contributed by atoms with Crippen LogP contribution in [0.3, 0.4) is 0 Å². The van der Waals surface area contributed by atoms with Crippen LogP contribution in [0.25, 0.3) is 0 Å². The highest BCUT2D eigenvalue weighted by atomic mass is 79.9. The van der Waals surface area contributed by atoms with E-state index >= 15 is 0 Å². The highest BCUT2D eigenvalue weighted by molar-refractivity contribution is 9.10. The molecule has 3 nitrogen and oxygen atoms in total. The third-order valence-electron chi connectivity index (χ3n) is 2.94. The van der Waals surface area contributed by atoms with Gasteiger partial charge >= 0.3 is 0 Å². The van der Waals surface area contributed by atoms with E-state index in [2.05, 4.69) is 21.2 Å². The van der Waals surface area contributed by atoms with Crippen LogP contribution in [0.2, 0.25) is 0 Å². The number of methoxy groups -OCH3 is 1. The Hall–Kier alpha value is -1.68. The zero-order chi connectivity index (χ0) is 13.8. The molecule has 0 aliphatic heterocycles. The van der Waals surface area contributed by atoms with Gasteiger partial charge in [-0.25, -0.2) is 0 Å². The molecule has 19 heavy (non-hydrogen) atoms. The second kappa shape index (κ2) is 5.97. The van der Waals surface area contributed by atoms with Gasteiger partial charge in [-0.3, -0.25) is 0 Å². The molecule has 0 fully saturated rings. The van der Waals surface area contributed by atoms with Crippen molar-refractivity contribution in [3.63, 3.8) is 0 Å². The van der Waals surface area contributed by atoms with Gasteiger partial charge < -0.3 is 15.2 Å². The number of hydrogen-bond acceptors (Lipinski definition) is 3. The standard InChI is InChI=1S/C15H16BrNO2/c1-10-3-4-12(8-15(10)18)17-9-11-7-13(19-2)5-6-14(11)16/h3-8,17-18H,9H2,1-2H3. The lowest BCUT2D eigenvalue weighted by Crippen LogP contribution is -2.00. The number of aromatic hydroxyl groups is 1. The summed E-state index contributed by atoms with van der Waals surface area (Å²) in [7, 11) is 1.65. The van der Waals surface area contributed by atoms with Crippen LogP contribution >= 0.6 is 15.9 Å². The summed E-state index contributed by atoms with van der Waals surface area (Å²) >= 11 is 3.51. The number of nitrogens with one attached hydrogen (secondary N) is 1. The normalized spacial score (nSPS) is 10.3. The molecule has 0 amide bonds. The average Bonchev–Trinajstić information content (AvgIpc) is 2.41. The monoisotopic (exact) mass is 321 g/mol.